The van der Waals surface area contributed by atoms with Gasteiger partial charge in [0.1, 0.15) is 0 Å². The maximum atomic E-state index is 12.7. The van der Waals surface area contributed by atoms with Crippen molar-refractivity contribution in [3.8, 4) is 11.5 Å². The van der Waals surface area contributed by atoms with Crippen LogP contribution >= 0.6 is 0 Å². The van der Waals surface area contributed by atoms with Gasteiger partial charge in [0.2, 0.25) is 6.79 Å². The Labute approximate surface area is 112 Å². The standard InChI is InChI=1S/C14H18N2O3/c15-8-10-4-1-2-7-16(10)14(17)11-5-3-6-12-13(11)19-9-18-12/h3,5-6,10H,1-2,4,7-9,15H2/t10-/m0/s1. The molecule has 2 heterocycles. The highest BCUT2D eigenvalue weighted by atomic mass is 16.7. The number of likely N-dealkylation sites (tertiary alicyclic amines) is 1. The highest BCUT2D eigenvalue weighted by Crippen LogP contribution is 2.36. The Morgan fingerprint density at radius 2 is 2.26 bits per heavy atom. The molecule has 0 bridgehead atoms. The molecular weight excluding hydrogens is 244 g/mol. The number of rotatable bonds is 2. The Morgan fingerprint density at radius 3 is 3.11 bits per heavy atom. The molecule has 0 spiro atoms. The lowest BCUT2D eigenvalue weighted by Gasteiger charge is -2.35. The van der Waals surface area contributed by atoms with Crippen molar-refractivity contribution in [2.75, 3.05) is 19.9 Å². The highest BCUT2D eigenvalue weighted by molar-refractivity contribution is 5.98. The summed E-state index contributed by atoms with van der Waals surface area (Å²) in [5.41, 5.74) is 6.35. The summed E-state index contributed by atoms with van der Waals surface area (Å²) in [5, 5.41) is 0. The molecule has 1 atom stereocenters. The average molecular weight is 262 g/mol. The number of amides is 1. The maximum Gasteiger partial charge on any atom is 0.258 e. The van der Waals surface area contributed by atoms with Crippen LogP contribution in [0, 0.1) is 0 Å². The third-order valence-corrected chi connectivity index (χ3v) is 3.79. The molecule has 1 amide bonds. The molecule has 3 rings (SSSR count). The number of para-hydroxylation sites is 1. The lowest BCUT2D eigenvalue weighted by Crippen LogP contribution is -2.47. The number of hydrogen-bond acceptors (Lipinski definition) is 4. The van der Waals surface area contributed by atoms with Crippen molar-refractivity contribution in [1.82, 2.24) is 4.90 Å². The number of nitrogens with zero attached hydrogens (tertiary/aromatic N) is 1. The van der Waals surface area contributed by atoms with E-state index in [0.717, 1.165) is 25.8 Å². The second-order valence-electron chi connectivity index (χ2n) is 4.92. The smallest absolute Gasteiger partial charge is 0.258 e. The molecule has 2 aliphatic heterocycles. The lowest BCUT2D eigenvalue weighted by atomic mass is 10.0. The number of fused-ring (bicyclic) bond motifs is 1. The number of hydrogen-bond donors (Lipinski definition) is 1. The minimum absolute atomic E-state index is 0.00231. The number of benzene rings is 1. The molecule has 0 saturated carbocycles. The summed E-state index contributed by atoms with van der Waals surface area (Å²) in [6, 6.07) is 5.56. The van der Waals surface area contributed by atoms with E-state index in [9.17, 15) is 4.79 Å². The number of nitrogens with two attached hydrogens (primary N) is 1. The molecule has 0 unspecified atom stereocenters. The first-order chi connectivity index (χ1) is 9.31. The van der Waals surface area contributed by atoms with Crippen LogP contribution in [0.4, 0.5) is 0 Å². The molecule has 0 aromatic heterocycles. The Bertz CT molecular complexity index is 490. The van der Waals surface area contributed by atoms with Gasteiger partial charge in [-0.25, -0.2) is 0 Å². The van der Waals surface area contributed by atoms with Gasteiger partial charge >= 0.3 is 0 Å². The highest BCUT2D eigenvalue weighted by Gasteiger charge is 2.30. The third kappa shape index (κ3) is 2.14. The largest absolute Gasteiger partial charge is 0.454 e. The predicted molar refractivity (Wildman–Crippen MR) is 70.3 cm³/mol. The number of ether oxygens (including phenoxy) is 2. The van der Waals surface area contributed by atoms with E-state index < -0.39 is 0 Å². The zero-order chi connectivity index (χ0) is 13.2. The monoisotopic (exact) mass is 262 g/mol. The summed E-state index contributed by atoms with van der Waals surface area (Å²) in [4.78, 5) is 14.5. The molecule has 0 aliphatic carbocycles. The normalized spacial score (nSPS) is 21.5. The van der Waals surface area contributed by atoms with Gasteiger partial charge in [0.25, 0.3) is 5.91 Å². The first-order valence-corrected chi connectivity index (χ1v) is 6.71. The number of piperidine rings is 1. The number of carbonyl (C=O) groups is 1. The van der Waals surface area contributed by atoms with Crippen LogP contribution in [0.3, 0.4) is 0 Å². The Balaban J connectivity index is 1.89. The van der Waals surface area contributed by atoms with E-state index in [1.54, 1.807) is 6.07 Å². The first kappa shape index (κ1) is 12.3. The van der Waals surface area contributed by atoms with Crippen LogP contribution in [-0.4, -0.2) is 36.7 Å². The van der Waals surface area contributed by atoms with Crippen LogP contribution in [0.2, 0.25) is 0 Å². The molecule has 1 aromatic rings. The van der Waals surface area contributed by atoms with Gasteiger partial charge in [0.05, 0.1) is 5.56 Å². The number of carbonyl (C=O) groups excluding carboxylic acids is 1. The fourth-order valence-corrected chi connectivity index (χ4v) is 2.77. The minimum atomic E-state index is -0.00231. The zero-order valence-corrected chi connectivity index (χ0v) is 10.8. The van der Waals surface area contributed by atoms with Gasteiger partial charge in [-0.05, 0) is 31.4 Å². The molecule has 102 valence electrons. The molecule has 1 aromatic carbocycles. The van der Waals surface area contributed by atoms with Crippen molar-refractivity contribution in [3.05, 3.63) is 23.8 Å². The SMILES string of the molecule is NC[C@@H]1CCCCN1C(=O)c1cccc2c1OCO2. The van der Waals surface area contributed by atoms with E-state index in [1.807, 2.05) is 17.0 Å². The quantitative estimate of drug-likeness (QED) is 0.874. The van der Waals surface area contributed by atoms with Gasteiger partial charge in [-0.2, -0.15) is 0 Å². The van der Waals surface area contributed by atoms with Gasteiger partial charge in [-0.3, -0.25) is 4.79 Å². The molecule has 19 heavy (non-hydrogen) atoms. The van der Waals surface area contributed by atoms with Crippen LogP contribution in [-0.2, 0) is 0 Å². The van der Waals surface area contributed by atoms with Crippen molar-refractivity contribution < 1.29 is 14.3 Å². The summed E-state index contributed by atoms with van der Waals surface area (Å²) < 4.78 is 10.7. The van der Waals surface area contributed by atoms with Crippen molar-refractivity contribution >= 4 is 5.91 Å². The summed E-state index contributed by atoms with van der Waals surface area (Å²) in [7, 11) is 0. The first-order valence-electron chi connectivity index (χ1n) is 6.71. The van der Waals surface area contributed by atoms with Gasteiger partial charge in [0, 0.05) is 19.1 Å². The molecule has 2 aliphatic rings. The van der Waals surface area contributed by atoms with Crippen molar-refractivity contribution in [2.45, 2.75) is 25.3 Å². The van der Waals surface area contributed by atoms with Crippen LogP contribution in [0.5, 0.6) is 11.5 Å². The van der Waals surface area contributed by atoms with Gasteiger partial charge < -0.3 is 20.1 Å². The molecule has 0 radical (unpaired) electrons. The Morgan fingerprint density at radius 1 is 1.37 bits per heavy atom. The summed E-state index contributed by atoms with van der Waals surface area (Å²) in [6.07, 6.45) is 3.15. The molecule has 5 nitrogen and oxygen atoms in total. The van der Waals surface area contributed by atoms with Crippen LogP contribution in [0.25, 0.3) is 0 Å². The van der Waals surface area contributed by atoms with E-state index in [-0.39, 0.29) is 18.7 Å². The third-order valence-electron chi connectivity index (χ3n) is 3.79. The van der Waals surface area contributed by atoms with Crippen molar-refractivity contribution in [2.24, 2.45) is 5.73 Å². The maximum absolute atomic E-state index is 12.7. The summed E-state index contributed by atoms with van der Waals surface area (Å²) in [5.74, 6) is 1.21. The predicted octanol–water partition coefficient (Wildman–Crippen LogP) is 1.37. The molecule has 5 heteroatoms. The van der Waals surface area contributed by atoms with Gasteiger partial charge in [-0.15, -0.1) is 0 Å². The second-order valence-corrected chi connectivity index (χ2v) is 4.92. The Hall–Kier alpha value is -1.75. The topological polar surface area (TPSA) is 64.8 Å². The van der Waals surface area contributed by atoms with Crippen molar-refractivity contribution in [1.29, 1.82) is 0 Å². The molecule has 1 fully saturated rings. The zero-order valence-electron chi connectivity index (χ0n) is 10.8. The summed E-state index contributed by atoms with van der Waals surface area (Å²) >= 11 is 0. The van der Waals surface area contributed by atoms with E-state index in [2.05, 4.69) is 0 Å². The van der Waals surface area contributed by atoms with Gasteiger partial charge in [0.15, 0.2) is 11.5 Å². The van der Waals surface area contributed by atoms with E-state index in [1.165, 1.54) is 0 Å². The fraction of sp³-hybridized carbons (Fsp3) is 0.500. The minimum Gasteiger partial charge on any atom is -0.454 e. The lowest BCUT2D eigenvalue weighted by molar-refractivity contribution is 0.0619. The Kier molecular flexibility index (Phi) is 3.29. The molecule has 2 N–H and O–H groups in total. The average Bonchev–Trinajstić information content (AvgIpc) is 2.94. The fourth-order valence-electron chi connectivity index (χ4n) is 2.77. The van der Waals surface area contributed by atoms with E-state index in [0.29, 0.717) is 23.6 Å². The van der Waals surface area contributed by atoms with E-state index >= 15 is 0 Å². The van der Waals surface area contributed by atoms with E-state index in [4.69, 9.17) is 15.2 Å². The van der Waals surface area contributed by atoms with Crippen LogP contribution < -0.4 is 15.2 Å². The van der Waals surface area contributed by atoms with Crippen molar-refractivity contribution in [3.63, 3.8) is 0 Å². The molecule has 1 saturated heterocycles. The van der Waals surface area contributed by atoms with Gasteiger partial charge in [-0.1, -0.05) is 6.07 Å². The van der Waals surface area contributed by atoms with Crippen LogP contribution in [0.1, 0.15) is 29.6 Å². The second kappa shape index (κ2) is 5.09. The van der Waals surface area contributed by atoms with Crippen LogP contribution in [0.15, 0.2) is 18.2 Å². The molecular formula is C14H18N2O3. The summed E-state index contributed by atoms with van der Waals surface area (Å²) in [6.45, 7) is 1.46.